The van der Waals surface area contributed by atoms with Gasteiger partial charge in [-0.2, -0.15) is 4.31 Å². The Labute approximate surface area is 165 Å². The van der Waals surface area contributed by atoms with Crippen LogP contribution in [0.2, 0.25) is 0 Å². The molecule has 5 nitrogen and oxygen atoms in total. The van der Waals surface area contributed by atoms with Gasteiger partial charge in [0.1, 0.15) is 0 Å². The summed E-state index contributed by atoms with van der Waals surface area (Å²) in [4.78, 5) is 15.5. The van der Waals surface area contributed by atoms with Crippen LogP contribution in [0.15, 0.2) is 53.3 Å². The van der Waals surface area contributed by atoms with E-state index in [4.69, 9.17) is 0 Å². The monoisotopic (exact) mass is 404 g/mol. The van der Waals surface area contributed by atoms with Crippen LogP contribution < -0.4 is 0 Å². The van der Waals surface area contributed by atoms with Gasteiger partial charge in [-0.25, -0.2) is 8.42 Å². The normalized spacial score (nSPS) is 16.6. The van der Waals surface area contributed by atoms with E-state index in [-0.39, 0.29) is 11.8 Å². The van der Waals surface area contributed by atoms with Gasteiger partial charge in [0.2, 0.25) is 15.9 Å². The Bertz CT molecular complexity index is 869. The average Bonchev–Trinajstić information content (AvgIpc) is 3.20. The van der Waals surface area contributed by atoms with E-state index in [1.807, 2.05) is 54.9 Å². The number of amides is 1. The van der Waals surface area contributed by atoms with Crippen LogP contribution in [0.3, 0.4) is 0 Å². The molecule has 2 heterocycles. The third-order valence-electron chi connectivity index (χ3n) is 4.74. The lowest BCUT2D eigenvalue weighted by atomic mass is 9.96. The number of hydrogen-bond donors (Lipinski definition) is 0. The highest BCUT2D eigenvalue weighted by atomic mass is 32.2. The van der Waals surface area contributed by atoms with Gasteiger partial charge in [0.15, 0.2) is 0 Å². The lowest BCUT2D eigenvalue weighted by Gasteiger charge is -2.31. The minimum absolute atomic E-state index is 0.0975. The highest BCUT2D eigenvalue weighted by Gasteiger charge is 2.31. The molecule has 0 bridgehead atoms. The number of carbonyl (C=O) groups excluding carboxylic acids is 1. The summed E-state index contributed by atoms with van der Waals surface area (Å²) >= 11 is 1.63. The molecule has 1 aromatic carbocycles. The summed E-state index contributed by atoms with van der Waals surface area (Å²) < 4.78 is 26.5. The minimum atomic E-state index is -3.46. The molecule has 0 radical (unpaired) electrons. The summed E-state index contributed by atoms with van der Waals surface area (Å²) in [6.45, 7) is 1.37. The third kappa shape index (κ3) is 5.28. The maximum atomic E-state index is 12.6. The van der Waals surface area contributed by atoms with Crippen molar-refractivity contribution in [2.45, 2.75) is 19.4 Å². The Morgan fingerprint density at radius 1 is 1.19 bits per heavy atom. The number of piperidine rings is 1. The van der Waals surface area contributed by atoms with Gasteiger partial charge >= 0.3 is 0 Å². The minimum Gasteiger partial charge on any atom is -0.340 e. The zero-order valence-electron chi connectivity index (χ0n) is 15.3. The molecule has 7 heteroatoms. The Hall–Kier alpha value is -1.96. The van der Waals surface area contributed by atoms with Crippen molar-refractivity contribution in [3.8, 4) is 0 Å². The summed E-state index contributed by atoms with van der Waals surface area (Å²) in [6.07, 6.45) is 2.74. The largest absolute Gasteiger partial charge is 0.340 e. The summed E-state index contributed by atoms with van der Waals surface area (Å²) in [7, 11) is -1.65. The zero-order chi connectivity index (χ0) is 19.3. The van der Waals surface area contributed by atoms with Crippen molar-refractivity contribution in [1.29, 1.82) is 0 Å². The third-order valence-corrected chi connectivity index (χ3v) is 7.17. The van der Waals surface area contributed by atoms with Crippen LogP contribution in [0.5, 0.6) is 0 Å². The Morgan fingerprint density at radius 2 is 1.89 bits per heavy atom. The molecule has 0 aliphatic carbocycles. The fraction of sp³-hybridized carbons (Fsp3) is 0.350. The first-order chi connectivity index (χ1) is 13.0. The van der Waals surface area contributed by atoms with Gasteiger partial charge < -0.3 is 4.90 Å². The van der Waals surface area contributed by atoms with Crippen LogP contribution in [0, 0.1) is 5.92 Å². The second-order valence-corrected chi connectivity index (χ2v) is 9.56. The lowest BCUT2D eigenvalue weighted by Crippen LogP contribution is -2.42. The number of thiophene rings is 1. The van der Waals surface area contributed by atoms with Crippen LogP contribution in [-0.2, 0) is 21.4 Å². The number of carbonyl (C=O) groups is 1. The summed E-state index contributed by atoms with van der Waals surface area (Å²) in [5, 5.41) is 3.26. The van der Waals surface area contributed by atoms with Crippen LogP contribution in [0.4, 0.5) is 0 Å². The van der Waals surface area contributed by atoms with Gasteiger partial charge in [-0.1, -0.05) is 36.4 Å². The van der Waals surface area contributed by atoms with Gasteiger partial charge in [-0.3, -0.25) is 4.79 Å². The average molecular weight is 405 g/mol. The van der Waals surface area contributed by atoms with E-state index in [1.54, 1.807) is 22.3 Å². The predicted molar refractivity (Wildman–Crippen MR) is 109 cm³/mol. The van der Waals surface area contributed by atoms with Crippen molar-refractivity contribution < 1.29 is 13.2 Å². The second-order valence-electron chi connectivity index (χ2n) is 6.71. The molecule has 1 saturated heterocycles. The second kappa shape index (κ2) is 8.82. The van der Waals surface area contributed by atoms with E-state index >= 15 is 0 Å². The van der Waals surface area contributed by atoms with Gasteiger partial charge in [0.25, 0.3) is 0 Å². The Morgan fingerprint density at radius 3 is 2.52 bits per heavy atom. The van der Waals surface area contributed by atoms with E-state index in [0.29, 0.717) is 32.5 Å². The van der Waals surface area contributed by atoms with Crippen molar-refractivity contribution in [2.75, 3.05) is 20.1 Å². The highest BCUT2D eigenvalue weighted by molar-refractivity contribution is 7.92. The van der Waals surface area contributed by atoms with Crippen molar-refractivity contribution in [3.63, 3.8) is 0 Å². The molecule has 0 N–H and O–H groups in total. The van der Waals surface area contributed by atoms with Crippen LogP contribution in [0.25, 0.3) is 6.08 Å². The summed E-state index contributed by atoms with van der Waals surface area (Å²) in [5.41, 5.74) is 0.848. The van der Waals surface area contributed by atoms with E-state index in [9.17, 15) is 13.2 Å². The Balaban J connectivity index is 1.54. The first-order valence-electron chi connectivity index (χ1n) is 8.96. The molecule has 1 aliphatic heterocycles. The summed E-state index contributed by atoms with van der Waals surface area (Å²) in [5.74, 6) is -0.0141. The molecule has 1 fully saturated rings. The molecule has 1 aromatic heterocycles. The predicted octanol–water partition coefficient (Wildman–Crippen LogP) is 3.42. The van der Waals surface area contributed by atoms with Gasteiger partial charge in [0.05, 0.1) is 6.54 Å². The molecule has 27 heavy (non-hydrogen) atoms. The number of sulfonamides is 1. The van der Waals surface area contributed by atoms with Crippen molar-refractivity contribution in [3.05, 3.63) is 63.7 Å². The standard InChI is InChI=1S/C20H24N2O3S2/c1-21(16-19-8-5-14-26-19)20(23)18-9-12-22(13-10-18)27(24,25)15-11-17-6-3-2-4-7-17/h2-8,11,14-15,18H,9-10,12-13,16H2,1H3/b15-11+. The molecule has 0 spiro atoms. The van der Waals surface area contributed by atoms with E-state index < -0.39 is 10.0 Å². The first kappa shape index (κ1) is 19.8. The molecule has 0 unspecified atom stereocenters. The van der Waals surface area contributed by atoms with E-state index in [0.717, 1.165) is 10.4 Å². The molecule has 1 amide bonds. The molecule has 2 aromatic rings. The summed E-state index contributed by atoms with van der Waals surface area (Å²) in [6, 6.07) is 13.4. The van der Waals surface area contributed by atoms with Gasteiger partial charge in [-0.15, -0.1) is 11.3 Å². The zero-order valence-corrected chi connectivity index (χ0v) is 17.0. The Kier molecular flexibility index (Phi) is 6.46. The molecule has 144 valence electrons. The van der Waals surface area contributed by atoms with Crippen LogP contribution in [-0.4, -0.2) is 43.7 Å². The molecule has 0 saturated carbocycles. The quantitative estimate of drug-likeness (QED) is 0.741. The first-order valence-corrected chi connectivity index (χ1v) is 11.3. The van der Waals surface area contributed by atoms with Crippen LogP contribution >= 0.6 is 11.3 Å². The highest BCUT2D eigenvalue weighted by Crippen LogP contribution is 2.23. The number of rotatable bonds is 6. The van der Waals surface area contributed by atoms with Crippen LogP contribution in [0.1, 0.15) is 23.3 Å². The topological polar surface area (TPSA) is 57.7 Å². The van der Waals surface area contributed by atoms with Gasteiger partial charge in [-0.05, 0) is 35.9 Å². The number of hydrogen-bond acceptors (Lipinski definition) is 4. The molecule has 1 aliphatic rings. The lowest BCUT2D eigenvalue weighted by molar-refractivity contribution is -0.135. The van der Waals surface area contributed by atoms with Crippen molar-refractivity contribution >= 4 is 33.3 Å². The molecular weight excluding hydrogens is 380 g/mol. The maximum absolute atomic E-state index is 12.6. The fourth-order valence-corrected chi connectivity index (χ4v) is 5.18. The SMILES string of the molecule is CN(Cc1cccs1)C(=O)C1CCN(S(=O)(=O)/C=C/c2ccccc2)CC1. The fourth-order valence-electron chi connectivity index (χ4n) is 3.20. The molecule has 3 rings (SSSR count). The van der Waals surface area contributed by atoms with Gasteiger partial charge in [0, 0.05) is 36.3 Å². The van der Waals surface area contributed by atoms with E-state index in [1.165, 1.54) is 9.71 Å². The number of benzene rings is 1. The maximum Gasteiger partial charge on any atom is 0.236 e. The van der Waals surface area contributed by atoms with E-state index in [2.05, 4.69) is 0 Å². The molecule has 0 atom stereocenters. The molecular formula is C20H24N2O3S2. The smallest absolute Gasteiger partial charge is 0.236 e. The number of nitrogens with zero attached hydrogens (tertiary/aromatic N) is 2. The van der Waals surface area contributed by atoms with Crippen molar-refractivity contribution in [1.82, 2.24) is 9.21 Å². The van der Waals surface area contributed by atoms with Crippen molar-refractivity contribution in [2.24, 2.45) is 5.92 Å².